The van der Waals surface area contributed by atoms with E-state index in [4.69, 9.17) is 21.1 Å². The molecule has 27 heavy (non-hydrogen) atoms. The van der Waals surface area contributed by atoms with E-state index < -0.39 is 0 Å². The number of rotatable bonds is 8. The van der Waals surface area contributed by atoms with Gasteiger partial charge >= 0.3 is 0 Å². The average Bonchev–Trinajstić information content (AvgIpc) is 2.66. The Morgan fingerprint density at radius 1 is 1.00 bits per heavy atom. The maximum Gasteiger partial charge on any atom is 0.120 e. The Labute approximate surface area is 179 Å². The van der Waals surface area contributed by atoms with Crippen molar-refractivity contribution in [2.45, 2.75) is 13.2 Å². The zero-order valence-electron chi connectivity index (χ0n) is 15.2. The van der Waals surface area contributed by atoms with Crippen LogP contribution in [0.2, 0.25) is 5.02 Å². The Kier molecular flexibility index (Phi) is 11.8. The number of benzene rings is 2. The maximum absolute atomic E-state index is 5.90. The van der Waals surface area contributed by atoms with Crippen LogP contribution in [0.5, 0.6) is 5.75 Å². The fourth-order valence-electron chi connectivity index (χ4n) is 2.79. The van der Waals surface area contributed by atoms with Gasteiger partial charge in [0, 0.05) is 37.7 Å². The fourth-order valence-corrected chi connectivity index (χ4v) is 2.91. The molecule has 2 aromatic rings. The molecule has 0 aliphatic carbocycles. The van der Waals surface area contributed by atoms with Crippen LogP contribution in [0.1, 0.15) is 11.1 Å². The van der Waals surface area contributed by atoms with Crippen LogP contribution in [0.15, 0.2) is 48.5 Å². The first-order valence-electron chi connectivity index (χ1n) is 8.76. The van der Waals surface area contributed by atoms with Crippen molar-refractivity contribution in [3.63, 3.8) is 0 Å². The molecule has 0 radical (unpaired) electrons. The summed E-state index contributed by atoms with van der Waals surface area (Å²) in [5, 5.41) is 4.25. The molecule has 1 N–H and O–H groups in total. The first kappa shape index (κ1) is 24.0. The lowest BCUT2D eigenvalue weighted by molar-refractivity contribution is 0.0384. The van der Waals surface area contributed by atoms with Gasteiger partial charge in [-0.05, 0) is 35.4 Å². The van der Waals surface area contributed by atoms with Gasteiger partial charge in [-0.2, -0.15) is 0 Å². The second kappa shape index (κ2) is 13.2. The standard InChI is InChI=1S/C20H25ClN2O2.2ClH/c21-19-6-4-17(5-7-19)16-25-20-3-1-2-18(14-20)15-22-8-9-23-10-12-24-13-11-23;;/h1-7,14,22H,8-13,15-16H2;2*1H. The third kappa shape index (κ3) is 8.69. The van der Waals surface area contributed by atoms with Crippen LogP contribution in [-0.2, 0) is 17.9 Å². The fraction of sp³-hybridized carbons (Fsp3) is 0.400. The molecule has 0 atom stereocenters. The van der Waals surface area contributed by atoms with Gasteiger partial charge in [-0.15, -0.1) is 24.8 Å². The highest BCUT2D eigenvalue weighted by Crippen LogP contribution is 2.16. The summed E-state index contributed by atoms with van der Waals surface area (Å²) in [5.41, 5.74) is 2.34. The molecule has 0 aromatic heterocycles. The molecular weight excluding hydrogens is 407 g/mol. The van der Waals surface area contributed by atoms with Crippen LogP contribution in [0.25, 0.3) is 0 Å². The summed E-state index contributed by atoms with van der Waals surface area (Å²) in [6, 6.07) is 16.0. The second-order valence-electron chi connectivity index (χ2n) is 6.19. The van der Waals surface area contributed by atoms with Crippen molar-refractivity contribution in [2.24, 2.45) is 0 Å². The molecule has 0 spiro atoms. The van der Waals surface area contributed by atoms with Crippen molar-refractivity contribution in [3.05, 3.63) is 64.7 Å². The minimum Gasteiger partial charge on any atom is -0.489 e. The zero-order chi connectivity index (χ0) is 17.3. The van der Waals surface area contributed by atoms with Crippen LogP contribution in [-0.4, -0.2) is 44.3 Å². The van der Waals surface area contributed by atoms with Crippen molar-refractivity contribution >= 4 is 36.4 Å². The Hall–Kier alpha value is -1.01. The van der Waals surface area contributed by atoms with E-state index in [-0.39, 0.29) is 24.8 Å². The van der Waals surface area contributed by atoms with Gasteiger partial charge in [-0.25, -0.2) is 0 Å². The molecule has 1 saturated heterocycles. The molecule has 0 saturated carbocycles. The van der Waals surface area contributed by atoms with Gasteiger partial charge in [0.15, 0.2) is 0 Å². The highest BCUT2D eigenvalue weighted by atomic mass is 35.5. The lowest BCUT2D eigenvalue weighted by Crippen LogP contribution is -2.40. The number of nitrogens with zero attached hydrogens (tertiary/aromatic N) is 1. The predicted octanol–water partition coefficient (Wildman–Crippen LogP) is 4.18. The third-order valence-corrected chi connectivity index (χ3v) is 4.51. The molecule has 2 aromatic carbocycles. The Balaban J connectivity index is 0.00000182. The van der Waals surface area contributed by atoms with Crippen molar-refractivity contribution in [3.8, 4) is 5.75 Å². The van der Waals surface area contributed by atoms with E-state index in [1.165, 1.54) is 5.56 Å². The van der Waals surface area contributed by atoms with Crippen LogP contribution < -0.4 is 10.1 Å². The smallest absolute Gasteiger partial charge is 0.120 e. The first-order chi connectivity index (χ1) is 12.3. The van der Waals surface area contributed by atoms with Crippen LogP contribution >= 0.6 is 36.4 Å². The minimum atomic E-state index is 0. The molecule has 4 nitrogen and oxygen atoms in total. The molecule has 0 unspecified atom stereocenters. The Morgan fingerprint density at radius 2 is 1.74 bits per heavy atom. The van der Waals surface area contributed by atoms with Crippen molar-refractivity contribution in [1.29, 1.82) is 0 Å². The normalized spacial score (nSPS) is 14.1. The van der Waals surface area contributed by atoms with Gasteiger partial charge in [0.2, 0.25) is 0 Å². The second-order valence-corrected chi connectivity index (χ2v) is 6.63. The van der Waals surface area contributed by atoms with E-state index in [9.17, 15) is 0 Å². The number of nitrogens with one attached hydrogen (secondary N) is 1. The first-order valence-corrected chi connectivity index (χ1v) is 9.14. The van der Waals surface area contributed by atoms with Gasteiger partial charge in [0.25, 0.3) is 0 Å². The molecule has 1 aliphatic heterocycles. The zero-order valence-corrected chi connectivity index (χ0v) is 17.6. The van der Waals surface area contributed by atoms with E-state index in [1.807, 2.05) is 36.4 Å². The van der Waals surface area contributed by atoms with E-state index in [1.54, 1.807) is 0 Å². The SMILES string of the molecule is Cl.Cl.Clc1ccc(COc2cccc(CNCCN3CCOCC3)c2)cc1. The summed E-state index contributed by atoms with van der Waals surface area (Å²) in [4.78, 5) is 2.43. The highest BCUT2D eigenvalue weighted by Gasteiger charge is 2.09. The molecule has 1 aliphatic rings. The monoisotopic (exact) mass is 432 g/mol. The van der Waals surface area contributed by atoms with Crippen LogP contribution in [0, 0.1) is 0 Å². The summed E-state index contributed by atoms with van der Waals surface area (Å²) in [7, 11) is 0. The third-order valence-electron chi connectivity index (χ3n) is 4.25. The number of hydrogen-bond donors (Lipinski definition) is 1. The summed E-state index contributed by atoms with van der Waals surface area (Å²) >= 11 is 5.90. The van der Waals surface area contributed by atoms with Crippen molar-refractivity contribution < 1.29 is 9.47 Å². The average molecular weight is 434 g/mol. The van der Waals surface area contributed by atoms with Gasteiger partial charge in [0.1, 0.15) is 12.4 Å². The summed E-state index contributed by atoms with van der Waals surface area (Å²) in [6.45, 7) is 7.23. The summed E-state index contributed by atoms with van der Waals surface area (Å²) < 4.78 is 11.2. The van der Waals surface area contributed by atoms with Crippen LogP contribution in [0.3, 0.4) is 0 Å². The molecular formula is C20H27Cl3N2O2. The van der Waals surface area contributed by atoms with E-state index in [0.717, 1.165) is 62.3 Å². The number of hydrogen-bond acceptors (Lipinski definition) is 4. The molecule has 0 bridgehead atoms. The molecule has 150 valence electrons. The highest BCUT2D eigenvalue weighted by molar-refractivity contribution is 6.30. The van der Waals surface area contributed by atoms with Gasteiger partial charge < -0.3 is 14.8 Å². The topological polar surface area (TPSA) is 33.7 Å². The van der Waals surface area contributed by atoms with Crippen LogP contribution in [0.4, 0.5) is 0 Å². The van der Waals surface area contributed by atoms with Gasteiger partial charge in [-0.3, -0.25) is 4.90 Å². The maximum atomic E-state index is 5.90. The van der Waals surface area contributed by atoms with Crippen molar-refractivity contribution in [1.82, 2.24) is 10.2 Å². The Bertz CT molecular complexity index is 650. The summed E-state index contributed by atoms with van der Waals surface area (Å²) in [6.07, 6.45) is 0. The minimum absolute atomic E-state index is 0. The van der Waals surface area contributed by atoms with E-state index in [2.05, 4.69) is 22.3 Å². The van der Waals surface area contributed by atoms with Crippen molar-refractivity contribution in [2.75, 3.05) is 39.4 Å². The lowest BCUT2D eigenvalue weighted by atomic mass is 10.2. The molecule has 0 amide bonds. The van der Waals surface area contributed by atoms with E-state index in [0.29, 0.717) is 6.61 Å². The summed E-state index contributed by atoms with van der Waals surface area (Å²) in [5.74, 6) is 0.891. The molecule has 1 heterocycles. The molecule has 3 rings (SSSR count). The largest absolute Gasteiger partial charge is 0.489 e. The quantitative estimate of drug-likeness (QED) is 0.633. The Morgan fingerprint density at radius 3 is 2.48 bits per heavy atom. The van der Waals surface area contributed by atoms with E-state index >= 15 is 0 Å². The number of morpholine rings is 1. The number of halogens is 3. The van der Waals surface area contributed by atoms with Gasteiger partial charge in [-0.1, -0.05) is 35.9 Å². The van der Waals surface area contributed by atoms with Gasteiger partial charge in [0.05, 0.1) is 13.2 Å². The molecule has 1 fully saturated rings. The number of ether oxygens (including phenoxy) is 2. The predicted molar refractivity (Wildman–Crippen MR) is 116 cm³/mol. The molecule has 7 heteroatoms. The lowest BCUT2D eigenvalue weighted by Gasteiger charge is -2.26.